The second-order valence-corrected chi connectivity index (χ2v) is 5.56. The molecule has 18 heavy (non-hydrogen) atoms. The summed E-state index contributed by atoms with van der Waals surface area (Å²) in [4.78, 5) is 13.7. The SMILES string of the molecule is CN(CC(C)(C)CN)C(=O)c1ccc(F)cc1Cl. The third-order valence-electron chi connectivity index (χ3n) is 2.73. The van der Waals surface area contributed by atoms with Gasteiger partial charge in [0.05, 0.1) is 10.6 Å². The van der Waals surface area contributed by atoms with E-state index >= 15 is 0 Å². The highest BCUT2D eigenvalue weighted by Crippen LogP contribution is 2.21. The van der Waals surface area contributed by atoms with E-state index in [1.807, 2.05) is 13.8 Å². The van der Waals surface area contributed by atoms with Gasteiger partial charge >= 0.3 is 0 Å². The summed E-state index contributed by atoms with van der Waals surface area (Å²) in [6, 6.07) is 3.75. The Morgan fingerprint density at radius 1 is 1.50 bits per heavy atom. The van der Waals surface area contributed by atoms with Crippen molar-refractivity contribution in [1.29, 1.82) is 0 Å². The lowest BCUT2D eigenvalue weighted by atomic mass is 9.93. The van der Waals surface area contributed by atoms with E-state index in [9.17, 15) is 9.18 Å². The van der Waals surface area contributed by atoms with Crippen LogP contribution in [0.1, 0.15) is 24.2 Å². The molecule has 5 heteroatoms. The molecule has 1 aromatic carbocycles. The van der Waals surface area contributed by atoms with Gasteiger partial charge in [0.25, 0.3) is 5.91 Å². The van der Waals surface area contributed by atoms with Crippen LogP contribution in [0.25, 0.3) is 0 Å². The van der Waals surface area contributed by atoms with Gasteiger partial charge in [-0.25, -0.2) is 4.39 Å². The molecule has 0 spiro atoms. The Labute approximate surface area is 112 Å². The molecule has 2 N–H and O–H groups in total. The first-order valence-electron chi connectivity index (χ1n) is 5.67. The van der Waals surface area contributed by atoms with Crippen LogP contribution in [-0.2, 0) is 0 Å². The first-order valence-corrected chi connectivity index (χ1v) is 6.05. The predicted octanol–water partition coefficient (Wildman–Crippen LogP) is 2.54. The molecule has 0 bridgehead atoms. The molecule has 3 nitrogen and oxygen atoms in total. The van der Waals surface area contributed by atoms with Gasteiger partial charge in [0.15, 0.2) is 0 Å². The summed E-state index contributed by atoms with van der Waals surface area (Å²) in [5.41, 5.74) is 5.76. The van der Waals surface area contributed by atoms with Crippen LogP contribution in [0, 0.1) is 11.2 Å². The zero-order valence-electron chi connectivity index (χ0n) is 10.8. The van der Waals surface area contributed by atoms with E-state index in [2.05, 4.69) is 0 Å². The average molecular weight is 273 g/mol. The maximum absolute atomic E-state index is 12.9. The van der Waals surface area contributed by atoms with Crippen molar-refractivity contribution >= 4 is 17.5 Å². The summed E-state index contributed by atoms with van der Waals surface area (Å²) >= 11 is 5.86. The fourth-order valence-corrected chi connectivity index (χ4v) is 1.90. The van der Waals surface area contributed by atoms with Gasteiger partial charge in [-0.1, -0.05) is 25.4 Å². The van der Waals surface area contributed by atoms with Crippen LogP contribution in [0.4, 0.5) is 4.39 Å². The van der Waals surface area contributed by atoms with E-state index < -0.39 is 5.82 Å². The molecule has 0 atom stereocenters. The Bertz CT molecular complexity index is 449. The van der Waals surface area contributed by atoms with Crippen molar-refractivity contribution in [2.45, 2.75) is 13.8 Å². The Kier molecular flexibility index (Phi) is 4.71. The van der Waals surface area contributed by atoms with Crippen molar-refractivity contribution in [3.63, 3.8) is 0 Å². The zero-order chi connectivity index (χ0) is 13.9. The van der Waals surface area contributed by atoms with Crippen molar-refractivity contribution < 1.29 is 9.18 Å². The molecule has 0 unspecified atom stereocenters. The van der Waals surface area contributed by atoms with Crippen molar-refractivity contribution in [3.05, 3.63) is 34.6 Å². The fraction of sp³-hybridized carbons (Fsp3) is 0.462. The van der Waals surface area contributed by atoms with Crippen molar-refractivity contribution in [1.82, 2.24) is 4.90 Å². The number of rotatable bonds is 4. The lowest BCUT2D eigenvalue weighted by Crippen LogP contribution is -2.39. The minimum atomic E-state index is -0.457. The molecule has 0 saturated heterocycles. The van der Waals surface area contributed by atoms with E-state index in [0.29, 0.717) is 18.7 Å². The second-order valence-electron chi connectivity index (χ2n) is 5.15. The van der Waals surface area contributed by atoms with Crippen LogP contribution in [0.5, 0.6) is 0 Å². The van der Waals surface area contributed by atoms with Gasteiger partial charge in [-0.2, -0.15) is 0 Å². The molecule has 0 aliphatic rings. The molecule has 100 valence electrons. The molecule has 0 aliphatic carbocycles. The van der Waals surface area contributed by atoms with Gasteiger partial charge in [0.1, 0.15) is 5.82 Å². The van der Waals surface area contributed by atoms with Gasteiger partial charge < -0.3 is 10.6 Å². The molecule has 0 aliphatic heterocycles. The summed E-state index contributed by atoms with van der Waals surface area (Å²) in [6.45, 7) is 4.93. The first kappa shape index (κ1) is 14.9. The second kappa shape index (κ2) is 5.67. The number of nitrogens with zero attached hydrogens (tertiary/aromatic N) is 1. The third-order valence-corrected chi connectivity index (χ3v) is 3.04. The Balaban J connectivity index is 2.87. The Morgan fingerprint density at radius 3 is 2.61 bits per heavy atom. The van der Waals surface area contributed by atoms with Crippen molar-refractivity contribution in [3.8, 4) is 0 Å². The fourth-order valence-electron chi connectivity index (χ4n) is 1.65. The minimum absolute atomic E-state index is 0.123. The maximum Gasteiger partial charge on any atom is 0.255 e. The first-order chi connectivity index (χ1) is 8.26. The highest BCUT2D eigenvalue weighted by atomic mass is 35.5. The largest absolute Gasteiger partial charge is 0.341 e. The number of hydrogen-bond acceptors (Lipinski definition) is 2. The molecule has 1 amide bonds. The number of nitrogens with two attached hydrogens (primary N) is 1. The molecule has 1 aromatic rings. The van der Waals surface area contributed by atoms with E-state index in [0.717, 1.165) is 6.07 Å². The highest BCUT2D eigenvalue weighted by molar-refractivity contribution is 6.33. The number of carbonyl (C=O) groups is 1. The van der Waals surface area contributed by atoms with Crippen LogP contribution in [0.3, 0.4) is 0 Å². The minimum Gasteiger partial charge on any atom is -0.341 e. The molecule has 1 rings (SSSR count). The molecule has 0 fully saturated rings. The van der Waals surface area contributed by atoms with Gasteiger partial charge in [0, 0.05) is 13.6 Å². The molecule has 0 aromatic heterocycles. The lowest BCUT2D eigenvalue weighted by molar-refractivity contribution is 0.0740. The van der Waals surface area contributed by atoms with Crippen LogP contribution < -0.4 is 5.73 Å². The summed E-state index contributed by atoms with van der Waals surface area (Å²) < 4.78 is 12.9. The average Bonchev–Trinajstić information content (AvgIpc) is 2.27. The van der Waals surface area contributed by atoms with Gasteiger partial charge in [-0.3, -0.25) is 4.79 Å². The monoisotopic (exact) mass is 272 g/mol. The number of hydrogen-bond donors (Lipinski definition) is 1. The summed E-state index contributed by atoms with van der Waals surface area (Å²) in [5, 5.41) is 0.123. The zero-order valence-corrected chi connectivity index (χ0v) is 11.6. The number of benzene rings is 1. The number of amides is 1. The van der Waals surface area contributed by atoms with E-state index in [4.69, 9.17) is 17.3 Å². The summed E-state index contributed by atoms with van der Waals surface area (Å²) in [7, 11) is 1.68. The number of halogens is 2. The Morgan fingerprint density at radius 2 is 2.11 bits per heavy atom. The van der Waals surface area contributed by atoms with Crippen molar-refractivity contribution in [2.75, 3.05) is 20.1 Å². The van der Waals surface area contributed by atoms with Crippen LogP contribution >= 0.6 is 11.6 Å². The van der Waals surface area contributed by atoms with Crippen LogP contribution in [-0.4, -0.2) is 30.9 Å². The summed E-state index contributed by atoms with van der Waals surface area (Å²) in [5.74, 6) is -0.692. The van der Waals surface area contributed by atoms with Crippen LogP contribution in [0.15, 0.2) is 18.2 Å². The molecular weight excluding hydrogens is 255 g/mol. The van der Waals surface area contributed by atoms with Gasteiger partial charge in [-0.05, 0) is 30.2 Å². The third kappa shape index (κ3) is 3.68. The molecule has 0 saturated carbocycles. The highest BCUT2D eigenvalue weighted by Gasteiger charge is 2.23. The standard InChI is InChI=1S/C13H18ClFN2O/c1-13(2,7-16)8-17(3)12(18)10-5-4-9(15)6-11(10)14/h4-6H,7-8,16H2,1-3H3. The van der Waals surface area contributed by atoms with Crippen molar-refractivity contribution in [2.24, 2.45) is 11.1 Å². The van der Waals surface area contributed by atoms with Crippen LogP contribution in [0.2, 0.25) is 5.02 Å². The maximum atomic E-state index is 12.9. The topological polar surface area (TPSA) is 46.3 Å². The van der Waals surface area contributed by atoms with E-state index in [1.165, 1.54) is 12.1 Å². The number of carbonyl (C=O) groups excluding carboxylic acids is 1. The normalized spacial score (nSPS) is 11.4. The lowest BCUT2D eigenvalue weighted by Gasteiger charge is -2.29. The van der Waals surface area contributed by atoms with Gasteiger partial charge in [0.2, 0.25) is 0 Å². The molecule has 0 heterocycles. The predicted molar refractivity (Wildman–Crippen MR) is 71.2 cm³/mol. The van der Waals surface area contributed by atoms with E-state index in [1.54, 1.807) is 11.9 Å². The smallest absolute Gasteiger partial charge is 0.255 e. The van der Waals surface area contributed by atoms with Gasteiger partial charge in [-0.15, -0.1) is 0 Å². The van der Waals surface area contributed by atoms with E-state index in [-0.39, 0.29) is 16.3 Å². The quantitative estimate of drug-likeness (QED) is 0.916. The molecule has 0 radical (unpaired) electrons. The Hall–Kier alpha value is -1.13. The summed E-state index contributed by atoms with van der Waals surface area (Å²) in [6.07, 6.45) is 0. The molecular formula is C13H18ClFN2O.